The first kappa shape index (κ1) is 21.0. The Balaban J connectivity index is 1.60. The van der Waals surface area contributed by atoms with Crippen molar-refractivity contribution in [3.8, 4) is 0 Å². The summed E-state index contributed by atoms with van der Waals surface area (Å²) in [5.74, 6) is -0.218. The van der Waals surface area contributed by atoms with E-state index in [9.17, 15) is 21.6 Å². The number of hydrogen-bond acceptors (Lipinski definition) is 6. The molecule has 4 N–H and O–H groups in total. The number of rotatable bonds is 6. The molecule has 0 bridgehead atoms. The number of carbonyl (C=O) groups is 1. The van der Waals surface area contributed by atoms with E-state index in [1.165, 1.54) is 18.2 Å². The molecule has 0 radical (unpaired) electrons. The van der Waals surface area contributed by atoms with E-state index >= 15 is 0 Å². The largest absolute Gasteiger partial charge is 0.354 e. The number of nitrogens with two attached hydrogens (primary N) is 1. The van der Waals surface area contributed by atoms with E-state index in [1.54, 1.807) is 37.3 Å². The van der Waals surface area contributed by atoms with Crippen LogP contribution in [0.1, 0.15) is 18.1 Å². The van der Waals surface area contributed by atoms with Crippen LogP contribution in [0.3, 0.4) is 0 Å². The first-order valence-electron chi connectivity index (χ1n) is 8.67. The summed E-state index contributed by atoms with van der Waals surface area (Å²) in [7, 11) is -7.40. The van der Waals surface area contributed by atoms with Crippen LogP contribution in [0.4, 0.5) is 0 Å². The van der Waals surface area contributed by atoms with Gasteiger partial charge < -0.3 is 5.32 Å². The number of sulfonamides is 2. The fourth-order valence-corrected chi connectivity index (χ4v) is 4.56. The van der Waals surface area contributed by atoms with Crippen LogP contribution in [0.25, 0.3) is 0 Å². The first-order valence-corrected chi connectivity index (χ1v) is 11.7. The second kappa shape index (κ2) is 7.93. The third-order valence-electron chi connectivity index (χ3n) is 4.33. The van der Waals surface area contributed by atoms with Crippen LogP contribution in [0.15, 0.2) is 63.3 Å². The van der Waals surface area contributed by atoms with Crippen molar-refractivity contribution in [1.82, 2.24) is 10.0 Å². The highest BCUT2D eigenvalue weighted by molar-refractivity contribution is 7.90. The minimum Gasteiger partial charge on any atom is -0.354 e. The molecule has 9 nitrogen and oxygen atoms in total. The highest BCUT2D eigenvalue weighted by Gasteiger charge is 2.31. The zero-order valence-corrected chi connectivity index (χ0v) is 17.1. The second-order valence-electron chi connectivity index (χ2n) is 6.49. The molecule has 1 unspecified atom stereocenters. The van der Waals surface area contributed by atoms with Crippen molar-refractivity contribution in [1.29, 1.82) is 0 Å². The Morgan fingerprint density at radius 1 is 1.17 bits per heavy atom. The third kappa shape index (κ3) is 4.81. The predicted molar refractivity (Wildman–Crippen MR) is 107 cm³/mol. The maximum absolute atomic E-state index is 12.3. The van der Waals surface area contributed by atoms with E-state index in [0.717, 1.165) is 5.56 Å². The number of nitrogens with one attached hydrogen (secondary N) is 2. The van der Waals surface area contributed by atoms with Crippen molar-refractivity contribution in [3.05, 3.63) is 59.7 Å². The molecule has 11 heteroatoms. The Kier molecular flexibility index (Phi) is 5.73. The number of nitrogens with zero attached hydrogens (tertiary/aromatic N) is 1. The van der Waals surface area contributed by atoms with Crippen LogP contribution in [-0.2, 0) is 31.3 Å². The molecule has 1 amide bonds. The monoisotopic (exact) mass is 436 g/mol. The molecule has 0 aliphatic carbocycles. The van der Waals surface area contributed by atoms with E-state index in [4.69, 9.17) is 5.14 Å². The lowest BCUT2D eigenvalue weighted by atomic mass is 10.1. The predicted octanol–water partition coefficient (Wildman–Crippen LogP) is 0.120. The SMILES string of the molecule is CC(N=C1NS(=O)(=O)c2ccccc21)C(=O)NCCc1ccc(S(N)(=O)=O)cc1. The van der Waals surface area contributed by atoms with E-state index in [0.29, 0.717) is 18.5 Å². The van der Waals surface area contributed by atoms with Gasteiger partial charge >= 0.3 is 0 Å². The molecule has 1 heterocycles. The fourth-order valence-electron chi connectivity index (χ4n) is 2.81. The number of aliphatic imine (C=N–C) groups is 1. The Morgan fingerprint density at radius 2 is 1.83 bits per heavy atom. The van der Waals surface area contributed by atoms with Crippen molar-refractivity contribution in [3.63, 3.8) is 0 Å². The van der Waals surface area contributed by atoms with Crippen LogP contribution in [0, 0.1) is 0 Å². The molecular formula is C18H20N4O5S2. The lowest BCUT2D eigenvalue weighted by Crippen LogP contribution is -2.35. The van der Waals surface area contributed by atoms with Gasteiger partial charge in [0.2, 0.25) is 15.9 Å². The highest BCUT2D eigenvalue weighted by atomic mass is 32.2. The summed E-state index contributed by atoms with van der Waals surface area (Å²) in [6.45, 7) is 1.88. The molecule has 1 aliphatic rings. The van der Waals surface area contributed by atoms with Gasteiger partial charge in [0.05, 0.1) is 9.79 Å². The summed E-state index contributed by atoms with van der Waals surface area (Å²) >= 11 is 0. The molecule has 2 aromatic rings. The second-order valence-corrected chi connectivity index (χ2v) is 9.70. The average Bonchev–Trinajstić information content (AvgIpc) is 2.92. The maximum Gasteiger partial charge on any atom is 0.263 e. The van der Waals surface area contributed by atoms with E-state index < -0.39 is 26.1 Å². The standard InChI is InChI=1S/C18H20N4O5S2/c1-12(21-17-15-4-2-3-5-16(15)29(26,27)22-17)18(23)20-11-10-13-6-8-14(9-7-13)28(19,24)25/h2-9,12H,10-11H2,1H3,(H,20,23)(H,21,22)(H2,19,24,25). The van der Waals surface area contributed by atoms with E-state index in [1.807, 2.05) is 0 Å². The van der Waals surface area contributed by atoms with Crippen LogP contribution in [-0.4, -0.2) is 41.2 Å². The quantitative estimate of drug-likeness (QED) is 0.588. The number of hydrogen-bond donors (Lipinski definition) is 3. The Hall–Kier alpha value is -2.76. The number of primary sulfonamides is 1. The first-order chi connectivity index (χ1) is 13.6. The molecule has 3 rings (SSSR count). The minimum absolute atomic E-state index is 0.0222. The molecule has 29 heavy (non-hydrogen) atoms. The van der Waals surface area contributed by atoms with Gasteiger partial charge in [-0.1, -0.05) is 24.3 Å². The summed E-state index contributed by atoms with van der Waals surface area (Å²) in [5, 5.41) is 7.78. The Labute approximate surface area is 169 Å². The minimum atomic E-state index is -3.74. The van der Waals surface area contributed by atoms with Gasteiger partial charge in [0, 0.05) is 12.1 Å². The van der Waals surface area contributed by atoms with Gasteiger partial charge in [0.25, 0.3) is 10.0 Å². The molecule has 0 fully saturated rings. The molecule has 1 atom stereocenters. The molecule has 0 spiro atoms. The third-order valence-corrected chi connectivity index (χ3v) is 6.66. The summed E-state index contributed by atoms with van der Waals surface area (Å²) < 4.78 is 49.0. The number of benzene rings is 2. The van der Waals surface area contributed by atoms with Crippen LogP contribution < -0.4 is 15.2 Å². The molecule has 2 aromatic carbocycles. The summed E-state index contributed by atoms with van der Waals surface area (Å²) in [6.07, 6.45) is 0.482. The zero-order chi connectivity index (χ0) is 21.2. The maximum atomic E-state index is 12.3. The van der Waals surface area contributed by atoms with Gasteiger partial charge in [-0.25, -0.2) is 22.0 Å². The number of fused-ring (bicyclic) bond motifs is 1. The number of amides is 1. The van der Waals surface area contributed by atoms with Crippen LogP contribution in [0.5, 0.6) is 0 Å². The lowest BCUT2D eigenvalue weighted by Gasteiger charge is -2.10. The van der Waals surface area contributed by atoms with Crippen molar-refractivity contribution in [2.24, 2.45) is 10.1 Å². The molecule has 1 aliphatic heterocycles. The Morgan fingerprint density at radius 3 is 2.48 bits per heavy atom. The van der Waals surface area contributed by atoms with Gasteiger partial charge in [-0.05, 0) is 43.2 Å². The number of carbonyl (C=O) groups excluding carboxylic acids is 1. The number of amidine groups is 1. The van der Waals surface area contributed by atoms with Gasteiger partial charge in [0.1, 0.15) is 11.9 Å². The van der Waals surface area contributed by atoms with Gasteiger partial charge in [-0.2, -0.15) is 0 Å². The summed E-state index contributed by atoms with van der Waals surface area (Å²) in [4.78, 5) is 16.7. The van der Waals surface area contributed by atoms with Crippen molar-refractivity contribution in [2.75, 3.05) is 6.54 Å². The smallest absolute Gasteiger partial charge is 0.263 e. The molecule has 154 valence electrons. The van der Waals surface area contributed by atoms with E-state index in [-0.39, 0.29) is 21.5 Å². The topological polar surface area (TPSA) is 148 Å². The van der Waals surface area contributed by atoms with Crippen molar-refractivity contribution in [2.45, 2.75) is 29.2 Å². The summed E-state index contributed by atoms with van der Waals surface area (Å²) in [5.41, 5.74) is 1.26. The van der Waals surface area contributed by atoms with E-state index in [2.05, 4.69) is 15.0 Å². The Bertz CT molecular complexity index is 1170. The average molecular weight is 437 g/mol. The lowest BCUT2D eigenvalue weighted by molar-refractivity contribution is -0.121. The van der Waals surface area contributed by atoms with Crippen LogP contribution in [0.2, 0.25) is 0 Å². The summed E-state index contributed by atoms with van der Waals surface area (Å²) in [6, 6.07) is 11.7. The zero-order valence-electron chi connectivity index (χ0n) is 15.5. The highest BCUT2D eigenvalue weighted by Crippen LogP contribution is 2.22. The molecule has 0 aromatic heterocycles. The molecular weight excluding hydrogens is 416 g/mol. The van der Waals surface area contributed by atoms with Gasteiger partial charge in [0.15, 0.2) is 0 Å². The van der Waals surface area contributed by atoms with Gasteiger partial charge in [-0.15, -0.1) is 0 Å². The fraction of sp³-hybridized carbons (Fsp3) is 0.222. The molecule has 0 saturated carbocycles. The van der Waals surface area contributed by atoms with Crippen LogP contribution >= 0.6 is 0 Å². The van der Waals surface area contributed by atoms with Crippen molar-refractivity contribution >= 4 is 31.8 Å². The molecule has 0 saturated heterocycles. The van der Waals surface area contributed by atoms with Gasteiger partial charge in [-0.3, -0.25) is 14.5 Å². The normalized spacial score (nSPS) is 17.4. The van der Waals surface area contributed by atoms with Crippen molar-refractivity contribution < 1.29 is 21.6 Å².